The Kier molecular flexibility index (Phi) is 5.20. The molecule has 1 aromatic rings. The van der Waals surface area contributed by atoms with Crippen molar-refractivity contribution in [1.29, 1.82) is 0 Å². The number of amides is 1. The summed E-state index contributed by atoms with van der Waals surface area (Å²) >= 11 is 0. The van der Waals surface area contributed by atoms with E-state index >= 15 is 0 Å². The van der Waals surface area contributed by atoms with E-state index in [4.69, 9.17) is 9.84 Å². The lowest BCUT2D eigenvalue weighted by atomic mass is 10.1. The maximum absolute atomic E-state index is 12.1. The zero-order valence-electron chi connectivity index (χ0n) is 12.2. The fourth-order valence-corrected chi connectivity index (χ4v) is 2.56. The zero-order valence-corrected chi connectivity index (χ0v) is 12.2. The highest BCUT2D eigenvalue weighted by Crippen LogP contribution is 2.21. The summed E-state index contributed by atoms with van der Waals surface area (Å²) < 4.78 is 5.64. The van der Waals surface area contributed by atoms with E-state index < -0.39 is 12.1 Å². The second-order valence-electron chi connectivity index (χ2n) is 5.43. The monoisotopic (exact) mass is 291 g/mol. The zero-order chi connectivity index (χ0) is 15.2. The first-order valence-corrected chi connectivity index (χ1v) is 7.33. The van der Waals surface area contributed by atoms with Crippen molar-refractivity contribution in [1.82, 2.24) is 5.32 Å². The molecule has 1 saturated carbocycles. The van der Waals surface area contributed by atoms with Gasteiger partial charge in [0.05, 0.1) is 6.42 Å². The van der Waals surface area contributed by atoms with E-state index in [9.17, 15) is 9.59 Å². The van der Waals surface area contributed by atoms with Crippen molar-refractivity contribution in [2.24, 2.45) is 0 Å². The normalized spacial score (nSPS) is 16.4. The van der Waals surface area contributed by atoms with Crippen molar-refractivity contribution in [2.45, 2.75) is 51.2 Å². The van der Waals surface area contributed by atoms with Crippen molar-refractivity contribution in [3.05, 3.63) is 29.8 Å². The van der Waals surface area contributed by atoms with Gasteiger partial charge in [-0.25, -0.2) is 0 Å². The third kappa shape index (κ3) is 4.48. The summed E-state index contributed by atoms with van der Waals surface area (Å²) in [5, 5.41) is 11.9. The van der Waals surface area contributed by atoms with E-state index in [0.717, 1.165) is 25.7 Å². The summed E-state index contributed by atoms with van der Waals surface area (Å²) in [6.45, 7) is 1.68. The molecule has 0 spiro atoms. The number of carbonyl (C=O) groups excluding carboxylic acids is 1. The van der Waals surface area contributed by atoms with Crippen molar-refractivity contribution in [2.75, 3.05) is 0 Å². The summed E-state index contributed by atoms with van der Waals surface area (Å²) in [6.07, 6.45) is 3.60. The third-order valence-corrected chi connectivity index (χ3v) is 3.69. The molecule has 0 saturated heterocycles. The first kappa shape index (κ1) is 15.4. The Morgan fingerprint density at radius 2 is 2.00 bits per heavy atom. The summed E-state index contributed by atoms with van der Waals surface area (Å²) in [5.74, 6) is -0.616. The van der Waals surface area contributed by atoms with E-state index in [1.165, 1.54) is 0 Å². The number of hydrogen-bond acceptors (Lipinski definition) is 3. The van der Waals surface area contributed by atoms with Gasteiger partial charge in [-0.15, -0.1) is 0 Å². The quantitative estimate of drug-likeness (QED) is 0.842. The van der Waals surface area contributed by atoms with Crippen molar-refractivity contribution in [3.8, 4) is 5.75 Å². The van der Waals surface area contributed by atoms with Crippen LogP contribution in [-0.4, -0.2) is 29.1 Å². The van der Waals surface area contributed by atoms with Crippen LogP contribution in [0.25, 0.3) is 0 Å². The molecule has 1 amide bonds. The molecule has 0 aliphatic heterocycles. The molecule has 1 atom stereocenters. The lowest BCUT2D eigenvalue weighted by Gasteiger charge is -2.19. The maximum atomic E-state index is 12.1. The Morgan fingerprint density at radius 1 is 1.33 bits per heavy atom. The molecule has 114 valence electrons. The fraction of sp³-hybridized carbons (Fsp3) is 0.500. The molecular weight excluding hydrogens is 270 g/mol. The average molecular weight is 291 g/mol. The largest absolute Gasteiger partial charge is 0.481 e. The SMILES string of the molecule is CC(Oc1ccccc1CC(=O)O)C(=O)NC1CCCC1. The number of carbonyl (C=O) groups is 2. The number of para-hydroxylation sites is 1. The Morgan fingerprint density at radius 3 is 2.67 bits per heavy atom. The van der Waals surface area contributed by atoms with Crippen LogP contribution in [-0.2, 0) is 16.0 Å². The molecule has 5 heteroatoms. The second-order valence-corrected chi connectivity index (χ2v) is 5.43. The van der Waals surface area contributed by atoms with Gasteiger partial charge in [0.2, 0.25) is 0 Å². The minimum atomic E-state index is -0.922. The first-order chi connectivity index (χ1) is 10.1. The molecule has 0 aromatic heterocycles. The number of nitrogens with one attached hydrogen (secondary N) is 1. The summed E-state index contributed by atoms with van der Waals surface area (Å²) in [5.41, 5.74) is 0.575. The van der Waals surface area contributed by atoms with Gasteiger partial charge in [-0.1, -0.05) is 31.0 Å². The van der Waals surface area contributed by atoms with Gasteiger partial charge in [-0.05, 0) is 25.8 Å². The molecule has 2 rings (SSSR count). The molecule has 1 aliphatic rings. The minimum Gasteiger partial charge on any atom is -0.481 e. The van der Waals surface area contributed by atoms with E-state index in [-0.39, 0.29) is 18.4 Å². The van der Waals surface area contributed by atoms with Gasteiger partial charge in [0.25, 0.3) is 5.91 Å². The van der Waals surface area contributed by atoms with Crippen LogP contribution < -0.4 is 10.1 Å². The average Bonchev–Trinajstić information content (AvgIpc) is 2.93. The van der Waals surface area contributed by atoms with Crippen LogP contribution in [0.3, 0.4) is 0 Å². The number of benzene rings is 1. The Balaban J connectivity index is 1.96. The van der Waals surface area contributed by atoms with Crippen molar-refractivity contribution in [3.63, 3.8) is 0 Å². The Labute approximate surface area is 124 Å². The third-order valence-electron chi connectivity index (χ3n) is 3.69. The van der Waals surface area contributed by atoms with Gasteiger partial charge >= 0.3 is 5.97 Å². The van der Waals surface area contributed by atoms with E-state index in [0.29, 0.717) is 11.3 Å². The highest BCUT2D eigenvalue weighted by atomic mass is 16.5. The minimum absolute atomic E-state index is 0.118. The van der Waals surface area contributed by atoms with Gasteiger partial charge in [-0.3, -0.25) is 9.59 Å². The van der Waals surface area contributed by atoms with Gasteiger partial charge in [0.1, 0.15) is 5.75 Å². The van der Waals surface area contributed by atoms with Crippen LogP contribution in [0.4, 0.5) is 0 Å². The second kappa shape index (κ2) is 7.11. The molecule has 21 heavy (non-hydrogen) atoms. The molecule has 1 aliphatic carbocycles. The van der Waals surface area contributed by atoms with Gasteiger partial charge in [0.15, 0.2) is 6.10 Å². The summed E-state index contributed by atoms with van der Waals surface area (Å²) in [4.78, 5) is 22.9. The van der Waals surface area contributed by atoms with Crippen LogP contribution in [0.15, 0.2) is 24.3 Å². The lowest BCUT2D eigenvalue weighted by molar-refractivity contribution is -0.136. The van der Waals surface area contributed by atoms with Crippen molar-refractivity contribution < 1.29 is 19.4 Å². The number of ether oxygens (including phenoxy) is 1. The molecule has 5 nitrogen and oxygen atoms in total. The number of carboxylic acid groups (broad SMARTS) is 1. The molecule has 1 aromatic carbocycles. The number of hydrogen-bond donors (Lipinski definition) is 2. The van der Waals surface area contributed by atoms with Gasteiger partial charge < -0.3 is 15.2 Å². The van der Waals surface area contributed by atoms with Crippen LogP contribution >= 0.6 is 0 Å². The molecule has 0 radical (unpaired) electrons. The highest BCUT2D eigenvalue weighted by Gasteiger charge is 2.22. The number of aliphatic carboxylic acids is 1. The summed E-state index contributed by atoms with van der Waals surface area (Å²) in [6, 6.07) is 7.16. The van der Waals surface area contributed by atoms with Crippen LogP contribution in [0.1, 0.15) is 38.2 Å². The van der Waals surface area contributed by atoms with E-state index in [1.54, 1.807) is 31.2 Å². The summed E-state index contributed by atoms with van der Waals surface area (Å²) in [7, 11) is 0. The first-order valence-electron chi connectivity index (χ1n) is 7.33. The Hall–Kier alpha value is -2.04. The van der Waals surface area contributed by atoms with E-state index in [2.05, 4.69) is 5.32 Å². The van der Waals surface area contributed by atoms with Gasteiger partial charge in [0, 0.05) is 11.6 Å². The smallest absolute Gasteiger partial charge is 0.307 e. The maximum Gasteiger partial charge on any atom is 0.307 e. The molecule has 0 bridgehead atoms. The number of carboxylic acids is 1. The predicted octanol–water partition coefficient (Wildman–Crippen LogP) is 2.14. The molecule has 1 unspecified atom stereocenters. The number of rotatable bonds is 6. The van der Waals surface area contributed by atoms with Gasteiger partial charge in [-0.2, -0.15) is 0 Å². The standard InChI is InChI=1S/C16H21NO4/c1-11(16(20)17-13-7-3-4-8-13)21-14-9-5-2-6-12(14)10-15(18)19/h2,5-6,9,11,13H,3-4,7-8,10H2,1H3,(H,17,20)(H,18,19). The predicted molar refractivity (Wildman–Crippen MR) is 78.3 cm³/mol. The van der Waals surface area contributed by atoms with Crippen LogP contribution in [0.5, 0.6) is 5.75 Å². The lowest BCUT2D eigenvalue weighted by Crippen LogP contribution is -2.41. The Bertz CT molecular complexity index is 509. The molecule has 0 heterocycles. The van der Waals surface area contributed by atoms with E-state index in [1.807, 2.05) is 0 Å². The highest BCUT2D eigenvalue weighted by molar-refractivity contribution is 5.81. The molecular formula is C16H21NO4. The topological polar surface area (TPSA) is 75.6 Å². The van der Waals surface area contributed by atoms with Crippen molar-refractivity contribution >= 4 is 11.9 Å². The molecule has 2 N–H and O–H groups in total. The fourth-order valence-electron chi connectivity index (χ4n) is 2.56. The molecule has 1 fully saturated rings. The van der Waals surface area contributed by atoms with Crippen LogP contribution in [0.2, 0.25) is 0 Å². The van der Waals surface area contributed by atoms with Crippen LogP contribution in [0, 0.1) is 0 Å².